The highest BCUT2D eigenvalue weighted by molar-refractivity contribution is 6.04. The van der Waals surface area contributed by atoms with E-state index in [9.17, 15) is 18.8 Å². The van der Waals surface area contributed by atoms with E-state index in [4.69, 9.17) is 5.26 Å². The van der Waals surface area contributed by atoms with Crippen LogP contribution in [0.1, 0.15) is 44.3 Å². The van der Waals surface area contributed by atoms with Gasteiger partial charge in [0.15, 0.2) is 0 Å². The Morgan fingerprint density at radius 3 is 2.35 bits per heavy atom. The first-order chi connectivity index (χ1) is 16.4. The number of amides is 2. The fraction of sp³-hybridized carbons (Fsp3) is 0.231. The van der Waals surface area contributed by atoms with Crippen LogP contribution in [0.25, 0.3) is 0 Å². The summed E-state index contributed by atoms with van der Waals surface area (Å²) < 4.78 is 15.0. The van der Waals surface area contributed by atoms with Crippen LogP contribution in [0.2, 0.25) is 0 Å². The number of benzene rings is 2. The highest BCUT2D eigenvalue weighted by atomic mass is 19.1. The molecule has 7 nitrogen and oxygen atoms in total. The van der Waals surface area contributed by atoms with E-state index < -0.39 is 5.82 Å². The summed E-state index contributed by atoms with van der Waals surface area (Å²) in [5.41, 5.74) is 2.38. The van der Waals surface area contributed by atoms with Crippen molar-refractivity contribution in [2.75, 3.05) is 18.4 Å². The van der Waals surface area contributed by atoms with E-state index in [1.54, 1.807) is 39.8 Å². The van der Waals surface area contributed by atoms with Gasteiger partial charge < -0.3 is 14.8 Å². The molecule has 2 bridgehead atoms. The number of carbonyl (C=O) groups excluding carboxylic acids is 2. The van der Waals surface area contributed by atoms with E-state index in [0.717, 1.165) is 6.42 Å². The van der Waals surface area contributed by atoms with Crippen LogP contribution >= 0.6 is 0 Å². The minimum atomic E-state index is -0.400. The van der Waals surface area contributed by atoms with Crippen LogP contribution in [0, 0.1) is 23.1 Å². The number of anilines is 1. The molecule has 0 aliphatic carbocycles. The van der Waals surface area contributed by atoms with Crippen LogP contribution in [0.15, 0.2) is 65.5 Å². The fourth-order valence-corrected chi connectivity index (χ4v) is 4.95. The van der Waals surface area contributed by atoms with Crippen molar-refractivity contribution < 1.29 is 14.0 Å². The summed E-state index contributed by atoms with van der Waals surface area (Å²) in [4.78, 5) is 40.3. The number of hydrogen-bond acceptors (Lipinski definition) is 4. The number of halogens is 1. The van der Waals surface area contributed by atoms with Gasteiger partial charge in [0.05, 0.1) is 17.3 Å². The van der Waals surface area contributed by atoms with Gasteiger partial charge in [-0.3, -0.25) is 14.4 Å². The number of pyridine rings is 1. The first kappa shape index (κ1) is 21.6. The number of nitrogens with zero attached hydrogens (tertiary/aromatic N) is 3. The van der Waals surface area contributed by atoms with Crippen molar-refractivity contribution in [3.8, 4) is 6.07 Å². The van der Waals surface area contributed by atoms with E-state index in [0.29, 0.717) is 47.7 Å². The highest BCUT2D eigenvalue weighted by Crippen LogP contribution is 2.39. The Morgan fingerprint density at radius 1 is 0.941 bits per heavy atom. The molecule has 34 heavy (non-hydrogen) atoms. The molecule has 2 aliphatic rings. The van der Waals surface area contributed by atoms with Crippen LogP contribution in [-0.2, 0) is 6.54 Å². The number of carbonyl (C=O) groups is 2. The van der Waals surface area contributed by atoms with Crippen molar-refractivity contribution in [3.05, 3.63) is 99.2 Å². The lowest BCUT2D eigenvalue weighted by Gasteiger charge is -2.43. The number of nitriles is 1. The molecule has 0 radical (unpaired) electrons. The summed E-state index contributed by atoms with van der Waals surface area (Å²) in [6.45, 7) is 1.37. The third-order valence-corrected chi connectivity index (χ3v) is 6.49. The van der Waals surface area contributed by atoms with Crippen molar-refractivity contribution >= 4 is 17.5 Å². The van der Waals surface area contributed by atoms with E-state index >= 15 is 0 Å². The third-order valence-electron chi connectivity index (χ3n) is 6.49. The van der Waals surface area contributed by atoms with Crippen molar-refractivity contribution in [1.29, 1.82) is 5.26 Å². The average Bonchev–Trinajstić information content (AvgIpc) is 2.85. The Bertz CT molecular complexity index is 1370. The van der Waals surface area contributed by atoms with Gasteiger partial charge in [-0.2, -0.15) is 5.26 Å². The van der Waals surface area contributed by atoms with Crippen LogP contribution < -0.4 is 10.9 Å². The largest absolute Gasteiger partial charge is 0.338 e. The second-order valence-electron chi connectivity index (χ2n) is 8.74. The zero-order valence-electron chi connectivity index (χ0n) is 18.2. The summed E-state index contributed by atoms with van der Waals surface area (Å²) in [6, 6.07) is 16.9. The quantitative estimate of drug-likeness (QED) is 0.654. The molecule has 3 aromatic rings. The molecule has 3 heterocycles. The second-order valence-corrected chi connectivity index (χ2v) is 8.74. The monoisotopic (exact) mass is 456 g/mol. The highest BCUT2D eigenvalue weighted by Gasteiger charge is 2.38. The standard InChI is InChI=1S/C26H21FN4O3/c27-21-7-5-19(6-8-21)26(34)30-13-17-11-20(15-30)24-22(9-10-23(32)31(24)14-17)29-25(33)18-3-1-16(12-28)2-4-18/h1-10,17,20H,11,13-15H2,(H,29,33)/t17-,20-/m0/s1. The van der Waals surface area contributed by atoms with Crippen molar-refractivity contribution in [3.63, 3.8) is 0 Å². The van der Waals surface area contributed by atoms with E-state index in [2.05, 4.69) is 5.32 Å². The number of fused-ring (bicyclic) bond motifs is 4. The summed E-state index contributed by atoms with van der Waals surface area (Å²) in [5.74, 6) is -0.935. The normalized spacial score (nSPS) is 18.5. The summed E-state index contributed by atoms with van der Waals surface area (Å²) in [6.07, 6.45) is 0.802. The zero-order valence-corrected chi connectivity index (χ0v) is 18.2. The molecule has 1 saturated heterocycles. The Labute approximate surface area is 195 Å². The molecule has 8 heteroatoms. The van der Waals surface area contributed by atoms with Crippen LogP contribution in [0.3, 0.4) is 0 Å². The molecule has 5 rings (SSSR count). The lowest BCUT2D eigenvalue weighted by atomic mass is 9.82. The van der Waals surface area contributed by atoms with Gasteiger partial charge in [-0.15, -0.1) is 0 Å². The average molecular weight is 456 g/mol. The minimum absolute atomic E-state index is 0.109. The molecular formula is C26H21FN4O3. The fourth-order valence-electron chi connectivity index (χ4n) is 4.95. The van der Waals surface area contributed by atoms with Gasteiger partial charge in [0, 0.05) is 48.4 Å². The minimum Gasteiger partial charge on any atom is -0.338 e. The Balaban J connectivity index is 1.43. The van der Waals surface area contributed by atoms with Crippen LogP contribution in [-0.4, -0.2) is 34.4 Å². The van der Waals surface area contributed by atoms with Gasteiger partial charge in [0.25, 0.3) is 17.4 Å². The van der Waals surface area contributed by atoms with Gasteiger partial charge in [0.1, 0.15) is 5.82 Å². The van der Waals surface area contributed by atoms with Gasteiger partial charge in [-0.05, 0) is 66.9 Å². The molecular weight excluding hydrogens is 435 g/mol. The molecule has 1 aromatic heterocycles. The molecule has 2 atom stereocenters. The third kappa shape index (κ3) is 3.97. The van der Waals surface area contributed by atoms with E-state index in [1.165, 1.54) is 30.3 Å². The van der Waals surface area contributed by atoms with Gasteiger partial charge in [-0.1, -0.05) is 0 Å². The Kier molecular flexibility index (Phi) is 5.46. The zero-order chi connectivity index (χ0) is 23.8. The smallest absolute Gasteiger partial charge is 0.255 e. The second kappa shape index (κ2) is 8.60. The summed E-state index contributed by atoms with van der Waals surface area (Å²) in [5, 5.41) is 11.9. The van der Waals surface area contributed by atoms with Crippen LogP contribution in [0.5, 0.6) is 0 Å². The van der Waals surface area contributed by atoms with Crippen molar-refractivity contribution in [2.45, 2.75) is 18.9 Å². The van der Waals surface area contributed by atoms with Gasteiger partial charge in [-0.25, -0.2) is 4.39 Å². The number of aromatic nitrogens is 1. The maximum absolute atomic E-state index is 13.3. The van der Waals surface area contributed by atoms with Crippen molar-refractivity contribution in [2.24, 2.45) is 5.92 Å². The van der Waals surface area contributed by atoms with E-state index in [-0.39, 0.29) is 29.2 Å². The summed E-state index contributed by atoms with van der Waals surface area (Å²) >= 11 is 0. The SMILES string of the molecule is N#Cc1ccc(C(=O)Nc2ccc(=O)n3c2[C@H]2C[C@@H](CN(C(=O)c4ccc(F)cc4)C2)C3)cc1. The Hall–Kier alpha value is -4.25. The molecule has 2 aliphatic heterocycles. The van der Waals surface area contributed by atoms with Crippen LogP contribution in [0.4, 0.5) is 10.1 Å². The van der Waals surface area contributed by atoms with E-state index in [1.807, 2.05) is 6.07 Å². The molecule has 0 saturated carbocycles. The predicted octanol–water partition coefficient (Wildman–Crippen LogP) is 3.37. The lowest BCUT2D eigenvalue weighted by Crippen LogP contribution is -2.49. The molecule has 2 amide bonds. The molecule has 2 aromatic carbocycles. The summed E-state index contributed by atoms with van der Waals surface area (Å²) in [7, 11) is 0. The number of likely N-dealkylation sites (tertiary alicyclic amines) is 1. The maximum atomic E-state index is 13.3. The van der Waals surface area contributed by atoms with Crippen molar-refractivity contribution in [1.82, 2.24) is 9.47 Å². The van der Waals surface area contributed by atoms with Gasteiger partial charge in [0.2, 0.25) is 0 Å². The lowest BCUT2D eigenvalue weighted by molar-refractivity contribution is 0.0595. The molecule has 0 spiro atoms. The molecule has 0 unspecified atom stereocenters. The first-order valence-corrected chi connectivity index (χ1v) is 11.0. The molecule has 1 fully saturated rings. The first-order valence-electron chi connectivity index (χ1n) is 11.0. The topological polar surface area (TPSA) is 95.2 Å². The van der Waals surface area contributed by atoms with Gasteiger partial charge >= 0.3 is 0 Å². The number of nitrogens with one attached hydrogen (secondary N) is 1. The Morgan fingerprint density at radius 2 is 1.65 bits per heavy atom. The number of hydrogen-bond donors (Lipinski definition) is 1. The molecule has 170 valence electrons. The number of rotatable bonds is 3. The molecule has 1 N–H and O–H groups in total. The predicted molar refractivity (Wildman–Crippen MR) is 123 cm³/mol. The number of piperidine rings is 1. The maximum Gasteiger partial charge on any atom is 0.255 e.